The molecular formula is C23H32N4O3. The first-order valence-electron chi connectivity index (χ1n) is 10.3. The van der Waals surface area contributed by atoms with Gasteiger partial charge in [-0.05, 0) is 56.6 Å². The zero-order valence-electron chi connectivity index (χ0n) is 17.8. The molecular weight excluding hydrogens is 380 g/mol. The van der Waals surface area contributed by atoms with Crippen molar-refractivity contribution < 1.29 is 9.66 Å². The van der Waals surface area contributed by atoms with Crippen molar-refractivity contribution in [1.29, 1.82) is 0 Å². The molecule has 0 bridgehead atoms. The van der Waals surface area contributed by atoms with Gasteiger partial charge in [-0.1, -0.05) is 42.5 Å². The highest BCUT2D eigenvalue weighted by Crippen LogP contribution is 2.14. The summed E-state index contributed by atoms with van der Waals surface area (Å²) >= 11 is 0. The molecule has 0 aromatic heterocycles. The maximum absolute atomic E-state index is 10.9. The molecule has 2 N–H and O–H groups in total. The smallest absolute Gasteiger partial charge is 0.274 e. The molecule has 2 aromatic carbocycles. The Bertz CT molecular complexity index is 794. The van der Waals surface area contributed by atoms with Gasteiger partial charge in [0.05, 0.1) is 11.5 Å². The van der Waals surface area contributed by atoms with E-state index in [1.807, 2.05) is 50.5 Å². The van der Waals surface area contributed by atoms with Crippen molar-refractivity contribution in [2.45, 2.75) is 25.8 Å². The fourth-order valence-corrected chi connectivity index (χ4v) is 3.00. The van der Waals surface area contributed by atoms with Gasteiger partial charge < -0.3 is 20.3 Å². The molecule has 0 aliphatic rings. The van der Waals surface area contributed by atoms with Crippen LogP contribution in [0.1, 0.15) is 24.0 Å². The molecule has 162 valence electrons. The first kappa shape index (κ1) is 23.2. The number of ether oxygens (including phenoxy) is 1. The van der Waals surface area contributed by atoms with E-state index in [1.165, 1.54) is 11.1 Å². The fourth-order valence-electron chi connectivity index (χ4n) is 3.00. The van der Waals surface area contributed by atoms with E-state index in [0.717, 1.165) is 37.8 Å². The molecule has 0 saturated heterocycles. The van der Waals surface area contributed by atoms with Crippen LogP contribution in [-0.2, 0) is 13.0 Å². The molecule has 2 aromatic rings. The minimum Gasteiger partial charge on any atom is -0.494 e. The van der Waals surface area contributed by atoms with E-state index in [2.05, 4.69) is 33.7 Å². The molecule has 2 rings (SSSR count). The summed E-state index contributed by atoms with van der Waals surface area (Å²) in [5.74, 6) is 1.27. The van der Waals surface area contributed by atoms with Crippen molar-refractivity contribution in [3.63, 3.8) is 0 Å². The van der Waals surface area contributed by atoms with Crippen molar-refractivity contribution in [3.8, 4) is 5.75 Å². The standard InChI is InChI=1S/C23H32N4O3/c1-26(2)18-21-11-6-13-22(17-21)30-16-8-15-25-23(19-27(28)29)24-14-7-12-20-9-4-3-5-10-20/h3-6,9-11,13,17,19,24-25H,7-8,12,14-16,18H2,1-2H3. The number of rotatable bonds is 14. The summed E-state index contributed by atoms with van der Waals surface area (Å²) in [5.41, 5.74) is 2.46. The van der Waals surface area contributed by atoms with E-state index in [9.17, 15) is 10.1 Å². The number of benzene rings is 2. The van der Waals surface area contributed by atoms with Crippen LogP contribution < -0.4 is 15.4 Å². The minimum absolute atomic E-state index is 0.432. The van der Waals surface area contributed by atoms with Crippen molar-refractivity contribution in [1.82, 2.24) is 15.5 Å². The largest absolute Gasteiger partial charge is 0.494 e. The Kier molecular flexibility index (Phi) is 10.2. The molecule has 30 heavy (non-hydrogen) atoms. The third kappa shape index (κ3) is 9.93. The number of hydrogen-bond donors (Lipinski definition) is 2. The van der Waals surface area contributed by atoms with Gasteiger partial charge >= 0.3 is 0 Å². The summed E-state index contributed by atoms with van der Waals surface area (Å²) in [6, 6.07) is 18.2. The van der Waals surface area contributed by atoms with E-state index in [1.54, 1.807) is 0 Å². The summed E-state index contributed by atoms with van der Waals surface area (Å²) in [6.45, 7) is 2.65. The number of hydrogen-bond acceptors (Lipinski definition) is 6. The summed E-state index contributed by atoms with van der Waals surface area (Å²) in [6.07, 6.45) is 3.54. The normalized spacial score (nSPS) is 11.4. The zero-order valence-corrected chi connectivity index (χ0v) is 17.8. The van der Waals surface area contributed by atoms with Crippen molar-refractivity contribution >= 4 is 0 Å². The van der Waals surface area contributed by atoms with Gasteiger partial charge in [-0.3, -0.25) is 10.1 Å². The van der Waals surface area contributed by atoms with Gasteiger partial charge in [0.25, 0.3) is 6.20 Å². The van der Waals surface area contributed by atoms with E-state index in [4.69, 9.17) is 4.74 Å². The van der Waals surface area contributed by atoms with E-state index in [-0.39, 0.29) is 0 Å². The van der Waals surface area contributed by atoms with Gasteiger partial charge in [0, 0.05) is 19.6 Å². The lowest BCUT2D eigenvalue weighted by Gasteiger charge is -2.13. The van der Waals surface area contributed by atoms with Gasteiger partial charge in [-0.25, -0.2) is 0 Å². The topological polar surface area (TPSA) is 79.7 Å². The lowest BCUT2D eigenvalue weighted by atomic mass is 10.1. The van der Waals surface area contributed by atoms with Crippen LogP contribution in [0, 0.1) is 10.1 Å². The average molecular weight is 413 g/mol. The highest BCUT2D eigenvalue weighted by atomic mass is 16.6. The molecule has 7 nitrogen and oxygen atoms in total. The Morgan fingerprint density at radius 1 is 1.03 bits per heavy atom. The van der Waals surface area contributed by atoms with Gasteiger partial charge in [0.2, 0.25) is 0 Å². The van der Waals surface area contributed by atoms with E-state index >= 15 is 0 Å². The fraction of sp³-hybridized carbons (Fsp3) is 0.391. The summed E-state index contributed by atoms with van der Waals surface area (Å²) in [5, 5.41) is 17.1. The Balaban J connectivity index is 1.67. The minimum atomic E-state index is -0.445. The molecule has 7 heteroatoms. The molecule has 0 unspecified atom stereocenters. The molecule has 0 aliphatic carbocycles. The van der Waals surface area contributed by atoms with E-state index < -0.39 is 4.92 Å². The van der Waals surface area contributed by atoms with Crippen LogP contribution >= 0.6 is 0 Å². The van der Waals surface area contributed by atoms with Crippen LogP contribution in [0.3, 0.4) is 0 Å². The van der Waals surface area contributed by atoms with Crippen LogP contribution in [0.15, 0.2) is 66.6 Å². The van der Waals surface area contributed by atoms with Crippen LogP contribution in [-0.4, -0.2) is 43.6 Å². The van der Waals surface area contributed by atoms with Crippen LogP contribution in [0.25, 0.3) is 0 Å². The van der Waals surface area contributed by atoms with Gasteiger partial charge in [-0.15, -0.1) is 0 Å². The van der Waals surface area contributed by atoms with Crippen molar-refractivity contribution in [2.75, 3.05) is 33.8 Å². The first-order valence-corrected chi connectivity index (χ1v) is 10.3. The highest BCUT2D eigenvalue weighted by molar-refractivity contribution is 5.28. The highest BCUT2D eigenvalue weighted by Gasteiger charge is 2.03. The SMILES string of the molecule is CN(C)Cc1cccc(OCCCNC(=C[N+](=O)[O-])NCCCc2ccccc2)c1. The number of aryl methyl sites for hydroxylation is 1. The quantitative estimate of drug-likeness (QED) is 0.281. The number of nitrogens with zero attached hydrogens (tertiary/aromatic N) is 2. The Morgan fingerprint density at radius 3 is 2.43 bits per heavy atom. The third-order valence-electron chi connectivity index (χ3n) is 4.34. The number of nitro groups is 1. The summed E-state index contributed by atoms with van der Waals surface area (Å²) < 4.78 is 5.81. The molecule has 0 heterocycles. The Hall–Kier alpha value is -3.06. The van der Waals surface area contributed by atoms with Crippen LogP contribution in [0.5, 0.6) is 5.75 Å². The maximum Gasteiger partial charge on any atom is 0.274 e. The molecule has 0 radical (unpaired) electrons. The summed E-state index contributed by atoms with van der Waals surface area (Å²) in [7, 11) is 4.07. The van der Waals surface area contributed by atoms with Gasteiger partial charge in [0.15, 0.2) is 5.82 Å². The lowest BCUT2D eigenvalue weighted by molar-refractivity contribution is -0.404. The molecule has 0 fully saturated rings. The lowest BCUT2D eigenvalue weighted by Crippen LogP contribution is -2.29. The molecule has 0 aliphatic heterocycles. The first-order chi connectivity index (χ1) is 14.5. The summed E-state index contributed by atoms with van der Waals surface area (Å²) in [4.78, 5) is 12.5. The van der Waals surface area contributed by atoms with Crippen molar-refractivity contribution in [2.24, 2.45) is 0 Å². The molecule has 0 spiro atoms. The molecule has 0 atom stereocenters. The monoisotopic (exact) mass is 412 g/mol. The third-order valence-corrected chi connectivity index (χ3v) is 4.34. The van der Waals surface area contributed by atoms with E-state index in [0.29, 0.717) is 25.5 Å². The van der Waals surface area contributed by atoms with Crippen LogP contribution in [0.4, 0.5) is 0 Å². The maximum atomic E-state index is 10.9. The predicted molar refractivity (Wildman–Crippen MR) is 120 cm³/mol. The number of nitrogens with one attached hydrogen (secondary N) is 2. The Labute approximate surface area is 178 Å². The second-order valence-electron chi connectivity index (χ2n) is 7.36. The Morgan fingerprint density at radius 2 is 1.73 bits per heavy atom. The average Bonchev–Trinajstić information content (AvgIpc) is 2.71. The van der Waals surface area contributed by atoms with Crippen molar-refractivity contribution in [3.05, 3.63) is 87.9 Å². The van der Waals surface area contributed by atoms with Crippen LogP contribution in [0.2, 0.25) is 0 Å². The molecule has 0 amide bonds. The van der Waals surface area contributed by atoms with Gasteiger partial charge in [-0.2, -0.15) is 0 Å². The second kappa shape index (κ2) is 13.2. The molecule has 0 saturated carbocycles. The second-order valence-corrected chi connectivity index (χ2v) is 7.36. The van der Waals surface area contributed by atoms with Gasteiger partial charge in [0.1, 0.15) is 5.75 Å². The predicted octanol–water partition coefficient (Wildman–Crippen LogP) is 3.40. The zero-order chi connectivity index (χ0) is 21.6.